The number of aromatic hydroxyl groups is 1. The number of sulfone groups is 1. The Morgan fingerprint density at radius 2 is 1.83 bits per heavy atom. The van der Waals surface area contributed by atoms with Gasteiger partial charge in [0.2, 0.25) is 5.88 Å². The van der Waals surface area contributed by atoms with Crippen molar-refractivity contribution in [3.8, 4) is 11.6 Å². The molecule has 2 aromatic carbocycles. The molecule has 0 saturated carbocycles. The Morgan fingerprint density at radius 3 is 2.52 bits per heavy atom. The Kier molecular flexibility index (Phi) is 5.00. The normalized spacial score (nSPS) is 18.6. The standard InChI is InChI=1S/C22H22N2O4S/c1-2-15-7-3-6-10-20(15)24-21(25)18-9-5-4-8-17(18)19(22(24)26)13-23-16-11-12-29(27,28)14-16/h3-10,13,16,26H,2,11-12,14H2,1H3. The van der Waals surface area contributed by atoms with Gasteiger partial charge in [-0.15, -0.1) is 0 Å². The predicted molar refractivity (Wildman–Crippen MR) is 115 cm³/mol. The minimum absolute atomic E-state index is 0.0144. The third-order valence-electron chi connectivity index (χ3n) is 5.34. The fourth-order valence-electron chi connectivity index (χ4n) is 3.81. The van der Waals surface area contributed by atoms with E-state index in [1.165, 1.54) is 10.8 Å². The molecule has 3 aromatic rings. The zero-order valence-electron chi connectivity index (χ0n) is 16.1. The molecule has 1 aliphatic rings. The average molecular weight is 410 g/mol. The highest BCUT2D eigenvalue weighted by atomic mass is 32.2. The number of aromatic nitrogens is 1. The molecule has 1 aliphatic heterocycles. The topological polar surface area (TPSA) is 88.7 Å². The SMILES string of the molecule is CCc1ccccc1-n1c(O)c(C=NC2CCS(=O)(=O)C2)c2ccccc2c1=O. The molecule has 2 heterocycles. The first kappa shape index (κ1) is 19.4. The monoisotopic (exact) mass is 410 g/mol. The number of nitrogens with zero attached hydrogens (tertiary/aromatic N) is 2. The van der Waals surface area contributed by atoms with E-state index in [0.717, 1.165) is 5.56 Å². The summed E-state index contributed by atoms with van der Waals surface area (Å²) in [6.45, 7) is 1.99. The molecule has 1 atom stereocenters. The van der Waals surface area contributed by atoms with Crippen LogP contribution in [-0.2, 0) is 16.3 Å². The molecule has 150 valence electrons. The van der Waals surface area contributed by atoms with Gasteiger partial charge in [0.25, 0.3) is 5.56 Å². The van der Waals surface area contributed by atoms with Crippen molar-refractivity contribution in [2.24, 2.45) is 4.99 Å². The Morgan fingerprint density at radius 1 is 1.14 bits per heavy atom. The molecular weight excluding hydrogens is 388 g/mol. The molecule has 7 heteroatoms. The molecule has 1 aromatic heterocycles. The van der Waals surface area contributed by atoms with Crippen LogP contribution in [0.5, 0.6) is 5.88 Å². The number of aryl methyl sites for hydroxylation is 1. The van der Waals surface area contributed by atoms with Crippen molar-refractivity contribution in [1.82, 2.24) is 4.57 Å². The summed E-state index contributed by atoms with van der Waals surface area (Å²) in [6, 6.07) is 14.2. The number of rotatable bonds is 4. The van der Waals surface area contributed by atoms with Crippen LogP contribution in [0.1, 0.15) is 24.5 Å². The second-order valence-corrected chi connectivity index (χ2v) is 9.47. The zero-order valence-corrected chi connectivity index (χ0v) is 16.9. The quantitative estimate of drug-likeness (QED) is 0.670. The van der Waals surface area contributed by atoms with Gasteiger partial charge in [0.1, 0.15) is 0 Å². The van der Waals surface area contributed by atoms with Gasteiger partial charge in [0.15, 0.2) is 9.84 Å². The Labute approximate surface area is 169 Å². The number of hydrogen-bond donors (Lipinski definition) is 1. The molecule has 0 aliphatic carbocycles. The van der Waals surface area contributed by atoms with Gasteiger partial charge in [0.05, 0.1) is 28.8 Å². The molecular formula is C22H22N2O4S. The third-order valence-corrected chi connectivity index (χ3v) is 7.09. The maximum Gasteiger partial charge on any atom is 0.265 e. The average Bonchev–Trinajstić information content (AvgIpc) is 3.07. The number of benzene rings is 2. The highest BCUT2D eigenvalue weighted by Crippen LogP contribution is 2.28. The van der Waals surface area contributed by atoms with Crippen LogP contribution < -0.4 is 5.56 Å². The van der Waals surface area contributed by atoms with Crippen LogP contribution in [-0.4, -0.2) is 41.9 Å². The smallest absolute Gasteiger partial charge is 0.265 e. The summed E-state index contributed by atoms with van der Waals surface area (Å²) in [5, 5.41) is 12.1. The molecule has 0 spiro atoms. The van der Waals surface area contributed by atoms with Gasteiger partial charge in [-0.05, 0) is 30.5 Å². The summed E-state index contributed by atoms with van der Waals surface area (Å²) in [5.41, 5.74) is 1.67. The fraction of sp³-hybridized carbons (Fsp3) is 0.273. The van der Waals surface area contributed by atoms with E-state index < -0.39 is 9.84 Å². The molecule has 4 rings (SSSR count). The molecule has 0 amide bonds. The van der Waals surface area contributed by atoms with Crippen LogP contribution in [0.4, 0.5) is 0 Å². The molecule has 6 nitrogen and oxygen atoms in total. The van der Waals surface area contributed by atoms with Crippen molar-refractivity contribution in [1.29, 1.82) is 0 Å². The lowest BCUT2D eigenvalue weighted by molar-refractivity contribution is 0.436. The third kappa shape index (κ3) is 3.58. The van der Waals surface area contributed by atoms with E-state index >= 15 is 0 Å². The van der Waals surface area contributed by atoms with Crippen molar-refractivity contribution >= 4 is 26.8 Å². The van der Waals surface area contributed by atoms with Crippen LogP contribution in [0.2, 0.25) is 0 Å². The largest absolute Gasteiger partial charge is 0.494 e. The van der Waals surface area contributed by atoms with E-state index in [1.54, 1.807) is 30.3 Å². The Balaban J connectivity index is 1.94. The van der Waals surface area contributed by atoms with E-state index in [4.69, 9.17) is 0 Å². The van der Waals surface area contributed by atoms with E-state index in [1.807, 2.05) is 25.1 Å². The minimum Gasteiger partial charge on any atom is -0.494 e. The number of hydrogen-bond acceptors (Lipinski definition) is 5. The predicted octanol–water partition coefficient (Wildman–Crippen LogP) is 2.86. The Bertz CT molecular complexity index is 1280. The lowest BCUT2D eigenvalue weighted by Gasteiger charge is -2.16. The van der Waals surface area contributed by atoms with Crippen molar-refractivity contribution < 1.29 is 13.5 Å². The lowest BCUT2D eigenvalue weighted by Crippen LogP contribution is -2.21. The van der Waals surface area contributed by atoms with Gasteiger partial charge < -0.3 is 5.11 Å². The van der Waals surface area contributed by atoms with E-state index in [0.29, 0.717) is 34.9 Å². The van der Waals surface area contributed by atoms with Gasteiger partial charge in [-0.2, -0.15) is 0 Å². The zero-order chi connectivity index (χ0) is 20.6. The molecule has 0 bridgehead atoms. The summed E-state index contributed by atoms with van der Waals surface area (Å²) in [4.78, 5) is 17.6. The first-order valence-electron chi connectivity index (χ1n) is 9.60. The van der Waals surface area contributed by atoms with Crippen LogP contribution in [0.15, 0.2) is 58.3 Å². The highest BCUT2D eigenvalue weighted by Gasteiger charge is 2.27. The van der Waals surface area contributed by atoms with Crippen molar-refractivity contribution in [2.75, 3.05) is 11.5 Å². The number of para-hydroxylation sites is 1. The van der Waals surface area contributed by atoms with Gasteiger partial charge in [-0.1, -0.05) is 43.3 Å². The van der Waals surface area contributed by atoms with Crippen LogP contribution >= 0.6 is 0 Å². The number of fused-ring (bicyclic) bond motifs is 1. The second kappa shape index (κ2) is 7.48. The lowest BCUT2D eigenvalue weighted by atomic mass is 10.1. The summed E-state index contributed by atoms with van der Waals surface area (Å²) in [7, 11) is -3.05. The van der Waals surface area contributed by atoms with Crippen LogP contribution in [0.3, 0.4) is 0 Å². The summed E-state index contributed by atoms with van der Waals surface area (Å²) >= 11 is 0. The van der Waals surface area contributed by atoms with Crippen LogP contribution in [0, 0.1) is 0 Å². The fourth-order valence-corrected chi connectivity index (χ4v) is 5.45. The first-order chi connectivity index (χ1) is 13.9. The van der Waals surface area contributed by atoms with E-state index in [-0.39, 0.29) is 29.0 Å². The van der Waals surface area contributed by atoms with Gasteiger partial charge in [-0.25, -0.2) is 13.0 Å². The molecule has 29 heavy (non-hydrogen) atoms. The first-order valence-corrected chi connectivity index (χ1v) is 11.4. The van der Waals surface area contributed by atoms with Gasteiger partial charge >= 0.3 is 0 Å². The van der Waals surface area contributed by atoms with Gasteiger partial charge in [-0.3, -0.25) is 9.79 Å². The molecule has 1 unspecified atom stereocenters. The van der Waals surface area contributed by atoms with Crippen molar-refractivity contribution in [3.63, 3.8) is 0 Å². The second-order valence-electron chi connectivity index (χ2n) is 7.24. The Hall–Kier alpha value is -2.93. The molecule has 1 saturated heterocycles. The van der Waals surface area contributed by atoms with E-state index in [2.05, 4.69) is 4.99 Å². The maximum absolute atomic E-state index is 13.2. The van der Waals surface area contributed by atoms with E-state index in [9.17, 15) is 18.3 Å². The number of aliphatic imine (C=N–C) groups is 1. The summed E-state index contributed by atoms with van der Waals surface area (Å²) < 4.78 is 24.7. The number of pyridine rings is 1. The minimum atomic E-state index is -3.05. The van der Waals surface area contributed by atoms with Crippen molar-refractivity contribution in [3.05, 3.63) is 70.0 Å². The van der Waals surface area contributed by atoms with Gasteiger partial charge in [0, 0.05) is 17.0 Å². The maximum atomic E-state index is 13.2. The highest BCUT2D eigenvalue weighted by molar-refractivity contribution is 7.91. The molecule has 1 N–H and O–H groups in total. The molecule has 0 radical (unpaired) electrons. The van der Waals surface area contributed by atoms with Crippen molar-refractivity contribution in [2.45, 2.75) is 25.8 Å². The van der Waals surface area contributed by atoms with Crippen LogP contribution in [0.25, 0.3) is 16.5 Å². The summed E-state index contributed by atoms with van der Waals surface area (Å²) in [5.74, 6) is -0.0507. The molecule has 1 fully saturated rings. The summed E-state index contributed by atoms with van der Waals surface area (Å²) in [6.07, 6.45) is 2.68.